The van der Waals surface area contributed by atoms with Crippen LogP contribution in [0, 0.1) is 0 Å². The van der Waals surface area contributed by atoms with Crippen LogP contribution in [0.1, 0.15) is 30.8 Å². The molecule has 0 saturated carbocycles. The van der Waals surface area contributed by atoms with Crippen molar-refractivity contribution in [1.82, 2.24) is 9.38 Å². The number of rotatable bonds is 4. The van der Waals surface area contributed by atoms with E-state index in [2.05, 4.69) is 18.8 Å². The molecule has 2 heterocycles. The molecular formula is C13H17N3O2. The predicted octanol–water partition coefficient (Wildman–Crippen LogP) is 2.27. The number of hydrogen-bond acceptors (Lipinski definition) is 3. The molecule has 1 atom stereocenters. The molecule has 0 radical (unpaired) electrons. The van der Waals surface area contributed by atoms with Crippen molar-refractivity contribution in [2.45, 2.75) is 26.3 Å². The fourth-order valence-electron chi connectivity index (χ4n) is 1.91. The first-order chi connectivity index (χ1) is 8.56. The maximum absolute atomic E-state index is 11.4. The molecule has 0 saturated heterocycles. The van der Waals surface area contributed by atoms with Gasteiger partial charge >= 0.3 is 5.97 Å². The Morgan fingerprint density at radius 2 is 2.28 bits per heavy atom. The molecule has 0 aliphatic heterocycles. The molecular weight excluding hydrogens is 230 g/mol. The van der Waals surface area contributed by atoms with Gasteiger partial charge in [-0.1, -0.05) is 13.0 Å². The van der Waals surface area contributed by atoms with Crippen LogP contribution in [0.25, 0.3) is 5.65 Å². The number of anilines is 1. The van der Waals surface area contributed by atoms with Crippen molar-refractivity contribution in [3.05, 3.63) is 30.1 Å². The number of carboxylic acids is 1. The van der Waals surface area contributed by atoms with E-state index in [1.807, 2.05) is 18.0 Å². The summed E-state index contributed by atoms with van der Waals surface area (Å²) in [4.78, 5) is 17.7. The Hall–Kier alpha value is -2.04. The number of fused-ring (bicyclic) bond motifs is 1. The Morgan fingerprint density at radius 1 is 1.56 bits per heavy atom. The molecule has 0 aliphatic carbocycles. The van der Waals surface area contributed by atoms with Crippen molar-refractivity contribution in [3.63, 3.8) is 0 Å². The minimum absolute atomic E-state index is 0.216. The molecule has 18 heavy (non-hydrogen) atoms. The zero-order chi connectivity index (χ0) is 13.3. The highest BCUT2D eigenvalue weighted by atomic mass is 16.4. The molecule has 1 N–H and O–H groups in total. The van der Waals surface area contributed by atoms with Gasteiger partial charge in [-0.3, -0.25) is 4.40 Å². The molecule has 96 valence electrons. The minimum Gasteiger partial charge on any atom is -0.476 e. The lowest BCUT2D eigenvalue weighted by Crippen LogP contribution is -2.29. The Kier molecular flexibility index (Phi) is 3.23. The third-order valence-corrected chi connectivity index (χ3v) is 3.30. The highest BCUT2D eigenvalue weighted by Crippen LogP contribution is 2.23. The highest BCUT2D eigenvalue weighted by molar-refractivity contribution is 5.93. The van der Waals surface area contributed by atoms with Gasteiger partial charge in [0.25, 0.3) is 0 Å². The summed E-state index contributed by atoms with van der Waals surface area (Å²) in [5, 5.41) is 9.37. The van der Waals surface area contributed by atoms with Gasteiger partial charge in [-0.15, -0.1) is 0 Å². The fraction of sp³-hybridized carbons (Fsp3) is 0.385. The van der Waals surface area contributed by atoms with E-state index in [1.54, 1.807) is 22.7 Å². The molecule has 0 fully saturated rings. The van der Waals surface area contributed by atoms with Crippen molar-refractivity contribution in [3.8, 4) is 0 Å². The number of imidazole rings is 1. The van der Waals surface area contributed by atoms with E-state index < -0.39 is 5.97 Å². The highest BCUT2D eigenvalue weighted by Gasteiger charge is 2.23. The monoisotopic (exact) mass is 247 g/mol. The second-order valence-corrected chi connectivity index (χ2v) is 4.39. The van der Waals surface area contributed by atoms with E-state index in [4.69, 9.17) is 0 Å². The van der Waals surface area contributed by atoms with Crippen LogP contribution in [-0.2, 0) is 0 Å². The van der Waals surface area contributed by atoms with E-state index in [9.17, 15) is 9.90 Å². The zero-order valence-electron chi connectivity index (χ0n) is 10.8. The van der Waals surface area contributed by atoms with Crippen LogP contribution in [-0.4, -0.2) is 33.6 Å². The summed E-state index contributed by atoms with van der Waals surface area (Å²) in [5.74, 6) is -0.443. The normalized spacial score (nSPS) is 12.6. The first-order valence-corrected chi connectivity index (χ1v) is 5.99. The van der Waals surface area contributed by atoms with Gasteiger partial charge in [0, 0.05) is 19.3 Å². The van der Waals surface area contributed by atoms with Gasteiger partial charge in [-0.2, -0.15) is 0 Å². The SMILES string of the molecule is CCC(C)N(C)c1nc2ccccn2c1C(=O)O. The van der Waals surface area contributed by atoms with Crippen molar-refractivity contribution >= 4 is 17.4 Å². The van der Waals surface area contributed by atoms with Crippen LogP contribution in [0.2, 0.25) is 0 Å². The molecule has 2 rings (SSSR count). The van der Waals surface area contributed by atoms with Crippen LogP contribution in [0.15, 0.2) is 24.4 Å². The van der Waals surface area contributed by atoms with Gasteiger partial charge in [0.1, 0.15) is 5.65 Å². The quantitative estimate of drug-likeness (QED) is 0.900. The first-order valence-electron chi connectivity index (χ1n) is 5.99. The third kappa shape index (κ3) is 1.92. The third-order valence-electron chi connectivity index (χ3n) is 3.30. The largest absolute Gasteiger partial charge is 0.476 e. The number of aromatic carboxylic acids is 1. The van der Waals surface area contributed by atoms with Gasteiger partial charge in [0.05, 0.1) is 0 Å². The van der Waals surface area contributed by atoms with E-state index in [-0.39, 0.29) is 11.7 Å². The number of nitrogens with zero attached hydrogens (tertiary/aromatic N) is 3. The molecule has 2 aromatic heterocycles. The number of pyridine rings is 1. The molecule has 0 bridgehead atoms. The molecule has 5 nitrogen and oxygen atoms in total. The lowest BCUT2D eigenvalue weighted by molar-refractivity contribution is 0.0690. The number of aromatic nitrogens is 2. The molecule has 0 spiro atoms. The smallest absolute Gasteiger partial charge is 0.356 e. The van der Waals surface area contributed by atoms with E-state index in [0.29, 0.717) is 11.5 Å². The number of hydrogen-bond donors (Lipinski definition) is 1. The van der Waals surface area contributed by atoms with Crippen LogP contribution in [0.5, 0.6) is 0 Å². The van der Waals surface area contributed by atoms with Crippen LogP contribution >= 0.6 is 0 Å². The molecule has 2 aromatic rings. The lowest BCUT2D eigenvalue weighted by Gasteiger charge is -2.24. The Morgan fingerprint density at radius 3 is 2.89 bits per heavy atom. The van der Waals surface area contributed by atoms with E-state index in [1.165, 1.54) is 0 Å². The van der Waals surface area contributed by atoms with Crippen molar-refractivity contribution in [2.75, 3.05) is 11.9 Å². The average molecular weight is 247 g/mol. The van der Waals surface area contributed by atoms with Crippen molar-refractivity contribution in [1.29, 1.82) is 0 Å². The Balaban J connectivity index is 2.62. The summed E-state index contributed by atoms with van der Waals surface area (Å²) in [6, 6.07) is 5.70. The topological polar surface area (TPSA) is 57.8 Å². The average Bonchev–Trinajstić information content (AvgIpc) is 2.76. The summed E-state index contributed by atoms with van der Waals surface area (Å²) in [6.07, 6.45) is 2.66. The maximum Gasteiger partial charge on any atom is 0.356 e. The van der Waals surface area contributed by atoms with Gasteiger partial charge in [0.15, 0.2) is 11.5 Å². The van der Waals surface area contributed by atoms with Gasteiger partial charge in [-0.25, -0.2) is 9.78 Å². The fourth-order valence-corrected chi connectivity index (χ4v) is 1.91. The maximum atomic E-state index is 11.4. The van der Waals surface area contributed by atoms with Gasteiger partial charge in [0.2, 0.25) is 0 Å². The molecule has 0 aromatic carbocycles. The Bertz CT molecular complexity index is 577. The van der Waals surface area contributed by atoms with Gasteiger partial charge < -0.3 is 10.0 Å². The standard InChI is InChI=1S/C13H17N3O2/c1-4-9(2)15(3)12-11(13(17)18)16-8-6-5-7-10(16)14-12/h5-9H,4H2,1-3H3,(H,17,18). The number of carboxylic acid groups (broad SMARTS) is 1. The van der Waals surface area contributed by atoms with Crippen LogP contribution in [0.4, 0.5) is 5.82 Å². The molecule has 0 amide bonds. The lowest BCUT2D eigenvalue weighted by atomic mass is 10.2. The number of carbonyl (C=O) groups is 1. The van der Waals surface area contributed by atoms with Crippen LogP contribution in [0.3, 0.4) is 0 Å². The van der Waals surface area contributed by atoms with E-state index in [0.717, 1.165) is 6.42 Å². The summed E-state index contributed by atoms with van der Waals surface area (Å²) in [6.45, 7) is 4.12. The summed E-state index contributed by atoms with van der Waals surface area (Å²) >= 11 is 0. The molecule has 5 heteroatoms. The summed E-state index contributed by atoms with van der Waals surface area (Å²) in [7, 11) is 1.88. The van der Waals surface area contributed by atoms with Crippen molar-refractivity contribution in [2.24, 2.45) is 0 Å². The first kappa shape index (κ1) is 12.4. The Labute approximate surface area is 106 Å². The molecule has 1 unspecified atom stereocenters. The second-order valence-electron chi connectivity index (χ2n) is 4.39. The van der Waals surface area contributed by atoms with E-state index >= 15 is 0 Å². The zero-order valence-corrected chi connectivity index (χ0v) is 10.8. The van der Waals surface area contributed by atoms with Crippen LogP contribution < -0.4 is 4.90 Å². The summed E-state index contributed by atoms with van der Waals surface area (Å²) in [5.41, 5.74) is 0.869. The second kappa shape index (κ2) is 4.68. The van der Waals surface area contributed by atoms with Crippen molar-refractivity contribution < 1.29 is 9.90 Å². The van der Waals surface area contributed by atoms with Gasteiger partial charge in [-0.05, 0) is 25.5 Å². The molecule has 0 aliphatic rings. The predicted molar refractivity (Wildman–Crippen MR) is 70.3 cm³/mol. The summed E-state index contributed by atoms with van der Waals surface area (Å²) < 4.78 is 1.61. The minimum atomic E-state index is -0.959.